The smallest absolute Gasteiger partial charge is 0.329 e. The molecule has 7 nitrogen and oxygen atoms in total. The number of carbonyl (C=O) groups excluding carboxylic acids is 3. The number of ether oxygens (including phenoxy) is 2. The maximum atomic E-state index is 12.5. The van der Waals surface area contributed by atoms with E-state index in [1.165, 1.54) is 0 Å². The van der Waals surface area contributed by atoms with Gasteiger partial charge in [0.25, 0.3) is 11.8 Å². The van der Waals surface area contributed by atoms with Gasteiger partial charge in [0, 0.05) is 12.1 Å². The largest absolute Gasteiger partial charge is 0.494 e. The van der Waals surface area contributed by atoms with E-state index in [-0.39, 0.29) is 5.92 Å². The number of rotatable bonds is 10. The third-order valence-electron chi connectivity index (χ3n) is 4.72. The van der Waals surface area contributed by atoms with Gasteiger partial charge in [0.2, 0.25) is 0 Å². The molecule has 0 aliphatic carbocycles. The summed E-state index contributed by atoms with van der Waals surface area (Å²) >= 11 is 0. The minimum atomic E-state index is -0.872. The van der Waals surface area contributed by atoms with Crippen LogP contribution in [0.5, 0.6) is 5.75 Å². The lowest BCUT2D eigenvalue weighted by molar-refractivity contribution is -0.151. The summed E-state index contributed by atoms with van der Waals surface area (Å²) in [6.45, 7) is 7.90. The SMILES string of the molecule is CCOc1ccc(C(=O)N[C@H](C(=O)OCC(=O)NCc2ccccc2C)C(C)C)cc1. The molecule has 2 N–H and O–H groups in total. The van der Waals surface area contributed by atoms with E-state index in [1.807, 2.05) is 38.1 Å². The number of hydrogen-bond donors (Lipinski definition) is 2. The van der Waals surface area contributed by atoms with Gasteiger partial charge in [-0.15, -0.1) is 0 Å². The zero-order chi connectivity index (χ0) is 22.8. The van der Waals surface area contributed by atoms with Crippen molar-refractivity contribution in [1.82, 2.24) is 10.6 Å². The molecule has 0 aromatic heterocycles. The summed E-state index contributed by atoms with van der Waals surface area (Å²) in [7, 11) is 0. The van der Waals surface area contributed by atoms with Crippen molar-refractivity contribution in [2.75, 3.05) is 13.2 Å². The predicted molar refractivity (Wildman–Crippen MR) is 118 cm³/mol. The van der Waals surface area contributed by atoms with Gasteiger partial charge in [-0.1, -0.05) is 38.1 Å². The first-order valence-electron chi connectivity index (χ1n) is 10.3. The number of esters is 1. The second-order valence-corrected chi connectivity index (χ2v) is 7.46. The van der Waals surface area contributed by atoms with E-state index in [9.17, 15) is 14.4 Å². The molecule has 0 unspecified atom stereocenters. The van der Waals surface area contributed by atoms with E-state index in [2.05, 4.69) is 10.6 Å². The van der Waals surface area contributed by atoms with Gasteiger partial charge in [-0.25, -0.2) is 4.79 Å². The van der Waals surface area contributed by atoms with Crippen molar-refractivity contribution in [3.63, 3.8) is 0 Å². The van der Waals surface area contributed by atoms with Crippen molar-refractivity contribution in [2.45, 2.75) is 40.3 Å². The quantitative estimate of drug-likeness (QED) is 0.570. The fourth-order valence-corrected chi connectivity index (χ4v) is 2.87. The van der Waals surface area contributed by atoms with E-state index in [1.54, 1.807) is 38.1 Å². The maximum Gasteiger partial charge on any atom is 0.329 e. The van der Waals surface area contributed by atoms with Gasteiger partial charge in [-0.2, -0.15) is 0 Å². The zero-order valence-corrected chi connectivity index (χ0v) is 18.4. The maximum absolute atomic E-state index is 12.5. The Kier molecular flexibility index (Phi) is 9.06. The lowest BCUT2D eigenvalue weighted by Crippen LogP contribution is -2.46. The molecule has 2 amide bonds. The van der Waals surface area contributed by atoms with E-state index >= 15 is 0 Å². The molecule has 2 rings (SSSR count). The summed E-state index contributed by atoms with van der Waals surface area (Å²) in [5.41, 5.74) is 2.46. The van der Waals surface area contributed by atoms with Crippen LogP contribution in [0.15, 0.2) is 48.5 Å². The summed E-state index contributed by atoms with van der Waals surface area (Å²) < 4.78 is 10.5. The van der Waals surface area contributed by atoms with E-state index in [0.717, 1.165) is 11.1 Å². The Morgan fingerprint density at radius 1 is 1.00 bits per heavy atom. The molecule has 2 aromatic carbocycles. The molecule has 0 radical (unpaired) electrons. The van der Waals surface area contributed by atoms with Crippen LogP contribution in [-0.4, -0.2) is 37.0 Å². The van der Waals surface area contributed by atoms with Crippen molar-refractivity contribution in [2.24, 2.45) is 5.92 Å². The minimum Gasteiger partial charge on any atom is -0.494 e. The van der Waals surface area contributed by atoms with E-state index < -0.39 is 30.4 Å². The van der Waals surface area contributed by atoms with Crippen LogP contribution >= 0.6 is 0 Å². The highest BCUT2D eigenvalue weighted by atomic mass is 16.5. The minimum absolute atomic E-state index is 0.214. The van der Waals surface area contributed by atoms with Crippen LogP contribution in [0.1, 0.15) is 42.3 Å². The molecule has 0 aliphatic rings. The number of amides is 2. The Labute approximate surface area is 183 Å². The Balaban J connectivity index is 1.87. The van der Waals surface area contributed by atoms with Crippen molar-refractivity contribution < 1.29 is 23.9 Å². The van der Waals surface area contributed by atoms with Gasteiger partial charge < -0.3 is 20.1 Å². The molecule has 1 atom stereocenters. The summed E-state index contributed by atoms with van der Waals surface area (Å²) in [5.74, 6) is -1.01. The average Bonchev–Trinajstić information content (AvgIpc) is 2.75. The predicted octanol–water partition coefficient (Wildman–Crippen LogP) is 3.01. The number of benzene rings is 2. The van der Waals surface area contributed by atoms with Gasteiger partial charge in [0.15, 0.2) is 6.61 Å². The lowest BCUT2D eigenvalue weighted by atomic mass is 10.0. The van der Waals surface area contributed by atoms with Gasteiger partial charge in [0.1, 0.15) is 11.8 Å². The Morgan fingerprint density at radius 3 is 2.29 bits per heavy atom. The molecule has 0 heterocycles. The summed E-state index contributed by atoms with van der Waals surface area (Å²) in [6, 6.07) is 13.5. The lowest BCUT2D eigenvalue weighted by Gasteiger charge is -2.21. The molecule has 0 spiro atoms. The number of carbonyl (C=O) groups is 3. The van der Waals surface area contributed by atoms with Crippen molar-refractivity contribution >= 4 is 17.8 Å². The normalized spacial score (nSPS) is 11.5. The monoisotopic (exact) mass is 426 g/mol. The third-order valence-corrected chi connectivity index (χ3v) is 4.72. The van der Waals surface area contributed by atoms with Gasteiger partial charge in [0.05, 0.1) is 6.61 Å². The molecule has 31 heavy (non-hydrogen) atoms. The Morgan fingerprint density at radius 2 is 1.68 bits per heavy atom. The highest BCUT2D eigenvalue weighted by Gasteiger charge is 2.26. The molecule has 0 fully saturated rings. The molecule has 166 valence electrons. The zero-order valence-electron chi connectivity index (χ0n) is 18.4. The Bertz CT molecular complexity index is 893. The van der Waals surface area contributed by atoms with E-state index in [0.29, 0.717) is 24.5 Å². The van der Waals surface area contributed by atoms with Crippen LogP contribution in [0.25, 0.3) is 0 Å². The summed E-state index contributed by atoms with van der Waals surface area (Å²) in [5, 5.41) is 5.42. The summed E-state index contributed by atoms with van der Waals surface area (Å²) in [6.07, 6.45) is 0. The molecule has 0 saturated carbocycles. The van der Waals surface area contributed by atoms with Crippen LogP contribution in [0, 0.1) is 12.8 Å². The van der Waals surface area contributed by atoms with Crippen LogP contribution in [0.2, 0.25) is 0 Å². The molecule has 0 saturated heterocycles. The van der Waals surface area contributed by atoms with Crippen molar-refractivity contribution in [1.29, 1.82) is 0 Å². The number of nitrogens with one attached hydrogen (secondary N) is 2. The number of hydrogen-bond acceptors (Lipinski definition) is 5. The van der Waals surface area contributed by atoms with Gasteiger partial charge in [-0.05, 0) is 55.2 Å². The Hall–Kier alpha value is -3.35. The molecule has 0 bridgehead atoms. The van der Waals surface area contributed by atoms with Crippen LogP contribution in [0.3, 0.4) is 0 Å². The van der Waals surface area contributed by atoms with Crippen LogP contribution in [0.4, 0.5) is 0 Å². The molecule has 7 heteroatoms. The first-order valence-corrected chi connectivity index (χ1v) is 10.3. The van der Waals surface area contributed by atoms with Crippen molar-refractivity contribution in [3.05, 3.63) is 65.2 Å². The van der Waals surface area contributed by atoms with Crippen LogP contribution in [-0.2, 0) is 20.9 Å². The molecule has 0 aliphatic heterocycles. The van der Waals surface area contributed by atoms with Crippen molar-refractivity contribution in [3.8, 4) is 5.75 Å². The second kappa shape index (κ2) is 11.7. The fourth-order valence-electron chi connectivity index (χ4n) is 2.87. The van der Waals surface area contributed by atoms with Gasteiger partial charge in [-0.3, -0.25) is 9.59 Å². The molecular formula is C24H30N2O5. The summed E-state index contributed by atoms with van der Waals surface area (Å²) in [4.78, 5) is 37.1. The first kappa shape index (κ1) is 23.9. The van der Waals surface area contributed by atoms with Gasteiger partial charge >= 0.3 is 5.97 Å². The third kappa shape index (κ3) is 7.44. The fraction of sp³-hybridized carbons (Fsp3) is 0.375. The average molecular weight is 427 g/mol. The van der Waals surface area contributed by atoms with E-state index in [4.69, 9.17) is 9.47 Å². The molecular weight excluding hydrogens is 396 g/mol. The second-order valence-electron chi connectivity index (χ2n) is 7.46. The highest BCUT2D eigenvalue weighted by molar-refractivity contribution is 5.97. The highest BCUT2D eigenvalue weighted by Crippen LogP contribution is 2.13. The first-order chi connectivity index (χ1) is 14.8. The number of aryl methyl sites for hydroxylation is 1. The topological polar surface area (TPSA) is 93.7 Å². The standard InChI is InChI=1S/C24H30N2O5/c1-5-30-20-12-10-18(11-13-20)23(28)26-22(16(2)3)24(29)31-15-21(27)25-14-19-9-7-6-8-17(19)4/h6-13,16,22H,5,14-15H2,1-4H3,(H,25,27)(H,26,28)/t22-/m0/s1. The van der Waals surface area contributed by atoms with Crippen LogP contribution < -0.4 is 15.4 Å². The molecule has 2 aromatic rings.